The van der Waals surface area contributed by atoms with Crippen LogP contribution in [-0.2, 0) is 0 Å². The summed E-state index contributed by atoms with van der Waals surface area (Å²) in [5.74, 6) is 0. The summed E-state index contributed by atoms with van der Waals surface area (Å²) in [6.45, 7) is 0. The van der Waals surface area contributed by atoms with E-state index in [0.717, 1.165) is 19.2 Å². The second kappa shape index (κ2) is 5.69. The molecule has 4 heteroatoms. The minimum absolute atomic E-state index is 0.631. The van der Waals surface area contributed by atoms with Gasteiger partial charge in [0.25, 0.3) is 0 Å². The van der Waals surface area contributed by atoms with Gasteiger partial charge in [0.15, 0.2) is 0 Å². The lowest BCUT2D eigenvalue weighted by atomic mass is 10.0. The standard InChI is InChI=1S/C13H9BrClIO/c14-9-4-5-12(16)11(7-9)13(17)8-2-1-3-10(15)6-8/h1-7,13,17H. The predicted octanol–water partition coefficient (Wildman–Crippen LogP) is 4.79. The van der Waals surface area contributed by atoms with Crippen LogP contribution in [0.4, 0.5) is 0 Å². The first-order valence-corrected chi connectivity index (χ1v) is 7.21. The summed E-state index contributed by atoms with van der Waals surface area (Å²) < 4.78 is 1.98. The van der Waals surface area contributed by atoms with Crippen molar-refractivity contribution in [3.63, 3.8) is 0 Å². The zero-order chi connectivity index (χ0) is 12.4. The van der Waals surface area contributed by atoms with E-state index in [1.54, 1.807) is 12.1 Å². The average molecular weight is 423 g/mol. The Labute approximate surface area is 127 Å². The molecule has 0 radical (unpaired) electrons. The number of hydrogen-bond acceptors (Lipinski definition) is 1. The van der Waals surface area contributed by atoms with Gasteiger partial charge in [0.1, 0.15) is 6.10 Å². The van der Waals surface area contributed by atoms with Crippen LogP contribution in [0, 0.1) is 3.57 Å². The smallest absolute Gasteiger partial charge is 0.105 e. The second-order valence-corrected chi connectivity index (χ2v) is 6.14. The highest BCUT2D eigenvalue weighted by Crippen LogP contribution is 2.29. The Bertz CT molecular complexity index is 545. The molecule has 0 saturated carbocycles. The fourth-order valence-corrected chi connectivity index (χ4v) is 2.79. The van der Waals surface area contributed by atoms with Crippen molar-refractivity contribution in [2.24, 2.45) is 0 Å². The van der Waals surface area contributed by atoms with Crippen molar-refractivity contribution in [2.75, 3.05) is 0 Å². The third kappa shape index (κ3) is 3.22. The highest BCUT2D eigenvalue weighted by Gasteiger charge is 2.14. The summed E-state index contributed by atoms with van der Waals surface area (Å²) in [4.78, 5) is 0. The summed E-state index contributed by atoms with van der Waals surface area (Å²) in [5.41, 5.74) is 1.68. The lowest BCUT2D eigenvalue weighted by Gasteiger charge is -2.14. The molecule has 0 fully saturated rings. The van der Waals surface area contributed by atoms with Gasteiger partial charge in [0, 0.05) is 13.1 Å². The topological polar surface area (TPSA) is 20.2 Å². The predicted molar refractivity (Wildman–Crippen MR) is 82.4 cm³/mol. The normalized spacial score (nSPS) is 12.5. The molecular weight excluding hydrogens is 414 g/mol. The van der Waals surface area contributed by atoms with Crippen molar-refractivity contribution in [3.8, 4) is 0 Å². The molecule has 0 aliphatic carbocycles. The van der Waals surface area contributed by atoms with E-state index in [0.29, 0.717) is 5.02 Å². The van der Waals surface area contributed by atoms with Gasteiger partial charge in [-0.3, -0.25) is 0 Å². The first-order valence-electron chi connectivity index (χ1n) is 4.96. The molecule has 0 aliphatic heterocycles. The monoisotopic (exact) mass is 422 g/mol. The van der Waals surface area contributed by atoms with Gasteiger partial charge in [-0.2, -0.15) is 0 Å². The molecular formula is C13H9BrClIO. The summed E-state index contributed by atoms with van der Waals surface area (Å²) in [6.07, 6.45) is -0.655. The highest BCUT2D eigenvalue weighted by atomic mass is 127. The van der Waals surface area contributed by atoms with Crippen molar-refractivity contribution < 1.29 is 5.11 Å². The van der Waals surface area contributed by atoms with Crippen LogP contribution >= 0.6 is 50.1 Å². The van der Waals surface area contributed by atoms with Crippen LogP contribution in [0.1, 0.15) is 17.2 Å². The van der Waals surface area contributed by atoms with E-state index in [4.69, 9.17) is 11.6 Å². The van der Waals surface area contributed by atoms with E-state index in [1.165, 1.54) is 0 Å². The van der Waals surface area contributed by atoms with Gasteiger partial charge >= 0.3 is 0 Å². The van der Waals surface area contributed by atoms with Crippen LogP contribution in [-0.4, -0.2) is 5.11 Å². The molecule has 1 unspecified atom stereocenters. The van der Waals surface area contributed by atoms with Gasteiger partial charge in [-0.15, -0.1) is 0 Å². The third-order valence-electron chi connectivity index (χ3n) is 2.42. The third-order valence-corrected chi connectivity index (χ3v) is 4.13. The quantitative estimate of drug-likeness (QED) is 0.689. The second-order valence-electron chi connectivity index (χ2n) is 3.62. The van der Waals surface area contributed by atoms with Gasteiger partial charge in [0.05, 0.1) is 0 Å². The molecule has 88 valence electrons. The van der Waals surface area contributed by atoms with Crippen LogP contribution in [0.15, 0.2) is 46.9 Å². The first-order chi connectivity index (χ1) is 8.08. The largest absolute Gasteiger partial charge is 0.384 e. The van der Waals surface area contributed by atoms with Crippen LogP contribution in [0.5, 0.6) is 0 Å². The zero-order valence-electron chi connectivity index (χ0n) is 8.70. The molecule has 0 saturated heterocycles. The molecule has 1 nitrogen and oxygen atoms in total. The number of rotatable bonds is 2. The van der Waals surface area contributed by atoms with E-state index in [-0.39, 0.29) is 0 Å². The Morgan fingerprint density at radius 1 is 1.18 bits per heavy atom. The van der Waals surface area contributed by atoms with E-state index in [9.17, 15) is 5.11 Å². The first kappa shape index (κ1) is 13.3. The molecule has 0 aliphatic rings. The maximum atomic E-state index is 10.3. The average Bonchev–Trinajstić information content (AvgIpc) is 2.31. The molecule has 0 amide bonds. The van der Waals surface area contributed by atoms with E-state index in [2.05, 4.69) is 38.5 Å². The Hall–Kier alpha value is -0.100. The molecule has 0 spiro atoms. The number of halogens is 3. The molecule has 2 rings (SSSR count). The number of benzene rings is 2. The molecule has 1 atom stereocenters. The van der Waals surface area contributed by atoms with Crippen molar-refractivity contribution in [1.29, 1.82) is 0 Å². The fraction of sp³-hybridized carbons (Fsp3) is 0.0769. The maximum Gasteiger partial charge on any atom is 0.105 e. The molecule has 0 aromatic heterocycles. The van der Waals surface area contributed by atoms with Gasteiger partial charge in [-0.25, -0.2) is 0 Å². The highest BCUT2D eigenvalue weighted by molar-refractivity contribution is 14.1. The lowest BCUT2D eigenvalue weighted by Crippen LogP contribution is -2.02. The van der Waals surface area contributed by atoms with Gasteiger partial charge in [-0.1, -0.05) is 39.7 Å². The van der Waals surface area contributed by atoms with Gasteiger partial charge in [0.2, 0.25) is 0 Å². The zero-order valence-corrected chi connectivity index (χ0v) is 13.2. The molecule has 1 N–H and O–H groups in total. The van der Waals surface area contributed by atoms with Crippen LogP contribution < -0.4 is 0 Å². The number of hydrogen-bond donors (Lipinski definition) is 1. The minimum Gasteiger partial charge on any atom is -0.384 e. The minimum atomic E-state index is -0.655. The van der Waals surface area contributed by atoms with Crippen molar-refractivity contribution in [3.05, 3.63) is 66.7 Å². The van der Waals surface area contributed by atoms with E-state index >= 15 is 0 Å². The fourth-order valence-electron chi connectivity index (χ4n) is 1.58. The lowest BCUT2D eigenvalue weighted by molar-refractivity contribution is 0.219. The van der Waals surface area contributed by atoms with Crippen molar-refractivity contribution in [2.45, 2.75) is 6.10 Å². The van der Waals surface area contributed by atoms with Crippen molar-refractivity contribution >= 4 is 50.1 Å². The van der Waals surface area contributed by atoms with Crippen molar-refractivity contribution in [1.82, 2.24) is 0 Å². The van der Waals surface area contributed by atoms with Gasteiger partial charge < -0.3 is 5.11 Å². The molecule has 0 bridgehead atoms. The molecule has 17 heavy (non-hydrogen) atoms. The van der Waals surface area contributed by atoms with Crippen LogP contribution in [0.3, 0.4) is 0 Å². The Morgan fingerprint density at radius 2 is 1.94 bits per heavy atom. The maximum absolute atomic E-state index is 10.3. The number of aliphatic hydroxyl groups is 1. The van der Waals surface area contributed by atoms with Gasteiger partial charge in [-0.05, 0) is 64.0 Å². The molecule has 2 aromatic carbocycles. The molecule has 2 aromatic rings. The molecule has 0 heterocycles. The summed E-state index contributed by atoms with van der Waals surface area (Å²) >= 11 is 11.6. The SMILES string of the molecule is OC(c1cccc(Cl)c1)c1cc(Br)ccc1I. The Morgan fingerprint density at radius 3 is 2.65 bits per heavy atom. The summed E-state index contributed by atoms with van der Waals surface area (Å²) in [5, 5.41) is 11.0. The summed E-state index contributed by atoms with van der Waals surface area (Å²) in [7, 11) is 0. The Balaban J connectivity index is 2.43. The van der Waals surface area contributed by atoms with E-state index in [1.807, 2.05) is 30.3 Å². The van der Waals surface area contributed by atoms with E-state index < -0.39 is 6.10 Å². The summed E-state index contributed by atoms with van der Waals surface area (Å²) in [6, 6.07) is 13.1. The Kier molecular flexibility index (Phi) is 4.47. The van der Waals surface area contributed by atoms with Crippen LogP contribution in [0.2, 0.25) is 5.02 Å². The number of aliphatic hydroxyl groups excluding tert-OH is 1. The van der Waals surface area contributed by atoms with Crippen LogP contribution in [0.25, 0.3) is 0 Å².